The SMILES string of the molecule is CC(=O)c1ccc(S(=O)(=O)N2CCCC(c3nnc(SCc4ccccc4)n3C)C2)cc1. The highest BCUT2D eigenvalue weighted by molar-refractivity contribution is 7.98. The summed E-state index contributed by atoms with van der Waals surface area (Å²) in [6.07, 6.45) is 1.62. The van der Waals surface area contributed by atoms with Gasteiger partial charge >= 0.3 is 0 Å². The molecule has 0 spiro atoms. The lowest BCUT2D eigenvalue weighted by molar-refractivity contribution is 0.101. The van der Waals surface area contributed by atoms with Crippen molar-refractivity contribution in [2.24, 2.45) is 7.05 Å². The van der Waals surface area contributed by atoms with Gasteiger partial charge in [0.05, 0.1) is 4.90 Å². The first-order chi connectivity index (χ1) is 15.4. The number of carbonyl (C=O) groups is 1. The van der Waals surface area contributed by atoms with Crippen molar-refractivity contribution in [2.75, 3.05) is 13.1 Å². The number of ketones is 1. The van der Waals surface area contributed by atoms with Gasteiger partial charge in [0.2, 0.25) is 10.0 Å². The van der Waals surface area contributed by atoms with E-state index in [1.54, 1.807) is 23.9 Å². The van der Waals surface area contributed by atoms with E-state index in [4.69, 9.17) is 0 Å². The van der Waals surface area contributed by atoms with Gasteiger partial charge in [-0.2, -0.15) is 4.31 Å². The van der Waals surface area contributed by atoms with Crippen LogP contribution in [0.25, 0.3) is 0 Å². The molecule has 0 aliphatic carbocycles. The van der Waals surface area contributed by atoms with Crippen LogP contribution in [0.1, 0.15) is 47.4 Å². The largest absolute Gasteiger partial charge is 0.309 e. The second-order valence-electron chi connectivity index (χ2n) is 7.96. The van der Waals surface area contributed by atoms with Crippen molar-refractivity contribution in [3.63, 3.8) is 0 Å². The van der Waals surface area contributed by atoms with E-state index >= 15 is 0 Å². The first-order valence-corrected chi connectivity index (χ1v) is 13.0. The minimum Gasteiger partial charge on any atom is -0.309 e. The van der Waals surface area contributed by atoms with Crippen molar-refractivity contribution >= 4 is 27.6 Å². The predicted octanol–water partition coefficient (Wildman–Crippen LogP) is 3.88. The summed E-state index contributed by atoms with van der Waals surface area (Å²) >= 11 is 1.62. The van der Waals surface area contributed by atoms with Crippen LogP contribution in [-0.4, -0.2) is 46.4 Å². The summed E-state index contributed by atoms with van der Waals surface area (Å²) in [6.45, 7) is 2.30. The molecule has 1 fully saturated rings. The number of benzene rings is 2. The van der Waals surface area contributed by atoms with Crippen molar-refractivity contribution in [3.05, 3.63) is 71.5 Å². The number of carbonyl (C=O) groups excluding carboxylic acids is 1. The summed E-state index contributed by atoms with van der Waals surface area (Å²) in [7, 11) is -1.70. The maximum Gasteiger partial charge on any atom is 0.243 e. The van der Waals surface area contributed by atoms with E-state index in [0.29, 0.717) is 18.7 Å². The molecule has 1 unspecified atom stereocenters. The molecule has 32 heavy (non-hydrogen) atoms. The van der Waals surface area contributed by atoms with Crippen LogP contribution in [-0.2, 0) is 22.8 Å². The van der Waals surface area contributed by atoms with E-state index in [1.807, 2.05) is 29.8 Å². The number of rotatable bonds is 7. The average molecular weight is 471 g/mol. The zero-order valence-corrected chi connectivity index (χ0v) is 19.8. The number of Topliss-reactive ketones (excluding diaryl/α,β-unsaturated/α-hetero) is 1. The third-order valence-electron chi connectivity index (χ3n) is 5.73. The maximum atomic E-state index is 13.2. The highest BCUT2D eigenvalue weighted by Gasteiger charge is 2.33. The van der Waals surface area contributed by atoms with Gasteiger partial charge in [0.25, 0.3) is 0 Å². The molecule has 9 heteroatoms. The van der Waals surface area contributed by atoms with Gasteiger partial charge in [-0.25, -0.2) is 8.42 Å². The van der Waals surface area contributed by atoms with Crippen molar-refractivity contribution in [3.8, 4) is 0 Å². The Kier molecular flexibility index (Phi) is 6.78. The third-order valence-corrected chi connectivity index (χ3v) is 8.70. The fourth-order valence-electron chi connectivity index (χ4n) is 3.91. The normalized spacial score (nSPS) is 17.4. The number of aromatic nitrogens is 3. The van der Waals surface area contributed by atoms with Gasteiger partial charge < -0.3 is 4.57 Å². The van der Waals surface area contributed by atoms with Gasteiger partial charge in [0.1, 0.15) is 5.82 Å². The molecule has 1 aliphatic heterocycles. The molecule has 7 nitrogen and oxygen atoms in total. The van der Waals surface area contributed by atoms with Crippen LogP contribution in [0.2, 0.25) is 0 Å². The Bertz CT molecular complexity index is 1190. The summed E-state index contributed by atoms with van der Waals surface area (Å²) < 4.78 is 29.9. The summed E-state index contributed by atoms with van der Waals surface area (Å²) in [5.74, 6) is 1.51. The summed E-state index contributed by atoms with van der Waals surface area (Å²) in [5, 5.41) is 9.58. The molecule has 1 saturated heterocycles. The number of thioether (sulfide) groups is 1. The van der Waals surface area contributed by atoms with Gasteiger partial charge in [-0.3, -0.25) is 4.79 Å². The summed E-state index contributed by atoms with van der Waals surface area (Å²) in [4.78, 5) is 11.7. The topological polar surface area (TPSA) is 85.2 Å². The Hall–Kier alpha value is -2.49. The van der Waals surface area contributed by atoms with E-state index < -0.39 is 10.0 Å². The second kappa shape index (κ2) is 9.56. The lowest BCUT2D eigenvalue weighted by Crippen LogP contribution is -2.39. The van der Waals surface area contributed by atoms with Crippen LogP contribution < -0.4 is 0 Å². The van der Waals surface area contributed by atoms with Gasteiger partial charge in [-0.1, -0.05) is 54.2 Å². The molecule has 2 heterocycles. The van der Waals surface area contributed by atoms with Crippen molar-refractivity contribution < 1.29 is 13.2 Å². The Balaban J connectivity index is 1.48. The van der Waals surface area contributed by atoms with Crippen LogP contribution >= 0.6 is 11.8 Å². The average Bonchev–Trinajstić information content (AvgIpc) is 3.18. The van der Waals surface area contributed by atoms with Crippen LogP contribution in [0.4, 0.5) is 0 Å². The zero-order chi connectivity index (χ0) is 22.7. The number of nitrogens with zero attached hydrogens (tertiary/aromatic N) is 4. The monoisotopic (exact) mass is 470 g/mol. The highest BCUT2D eigenvalue weighted by atomic mass is 32.2. The number of hydrogen-bond acceptors (Lipinski definition) is 6. The second-order valence-corrected chi connectivity index (χ2v) is 10.8. The minimum absolute atomic E-state index is 0.0152. The van der Waals surface area contributed by atoms with Crippen LogP contribution in [0.15, 0.2) is 64.6 Å². The molecule has 4 rings (SSSR count). The Morgan fingerprint density at radius 2 is 1.81 bits per heavy atom. The standard InChI is InChI=1S/C23H26N4O3S2/c1-17(28)19-10-12-21(13-11-19)32(29,30)27-14-6-9-20(15-27)22-24-25-23(26(22)2)31-16-18-7-4-3-5-8-18/h3-5,7-8,10-13,20H,6,9,14-16H2,1-2H3. The molecule has 0 amide bonds. The molecule has 3 aromatic rings. The van der Waals surface area contributed by atoms with Gasteiger partial charge in [0, 0.05) is 37.4 Å². The van der Waals surface area contributed by atoms with E-state index in [2.05, 4.69) is 22.3 Å². The van der Waals surface area contributed by atoms with Crippen LogP contribution in [0.3, 0.4) is 0 Å². The molecule has 0 bridgehead atoms. The Labute approximate surface area is 192 Å². The molecule has 0 radical (unpaired) electrons. The smallest absolute Gasteiger partial charge is 0.243 e. The molecule has 1 aromatic heterocycles. The molecule has 0 N–H and O–H groups in total. The molecule has 2 aromatic carbocycles. The van der Waals surface area contributed by atoms with Gasteiger partial charge in [-0.15, -0.1) is 10.2 Å². The molecule has 168 valence electrons. The summed E-state index contributed by atoms with van der Waals surface area (Å²) in [6, 6.07) is 16.3. The van der Waals surface area contributed by atoms with Gasteiger partial charge in [-0.05, 0) is 37.5 Å². The molecular formula is C23H26N4O3S2. The molecular weight excluding hydrogens is 444 g/mol. The quantitative estimate of drug-likeness (QED) is 0.385. The first-order valence-electron chi connectivity index (χ1n) is 10.5. The van der Waals surface area contributed by atoms with Gasteiger partial charge in [0.15, 0.2) is 10.9 Å². The van der Waals surface area contributed by atoms with E-state index in [9.17, 15) is 13.2 Å². The fourth-order valence-corrected chi connectivity index (χ4v) is 6.31. The van der Waals surface area contributed by atoms with Crippen molar-refractivity contribution in [1.29, 1.82) is 0 Å². The molecule has 1 atom stereocenters. The van der Waals surface area contributed by atoms with E-state index in [-0.39, 0.29) is 16.6 Å². The Morgan fingerprint density at radius 1 is 1.09 bits per heavy atom. The van der Waals surface area contributed by atoms with Crippen molar-refractivity contribution in [1.82, 2.24) is 19.1 Å². The van der Waals surface area contributed by atoms with E-state index in [0.717, 1.165) is 29.6 Å². The fraction of sp³-hybridized carbons (Fsp3) is 0.348. The lowest BCUT2D eigenvalue weighted by Gasteiger charge is -2.31. The maximum absolute atomic E-state index is 13.2. The number of sulfonamides is 1. The Morgan fingerprint density at radius 3 is 2.50 bits per heavy atom. The van der Waals surface area contributed by atoms with Crippen LogP contribution in [0, 0.1) is 0 Å². The lowest BCUT2D eigenvalue weighted by atomic mass is 9.99. The zero-order valence-electron chi connectivity index (χ0n) is 18.1. The first kappa shape index (κ1) is 22.7. The molecule has 1 aliphatic rings. The number of hydrogen-bond donors (Lipinski definition) is 0. The predicted molar refractivity (Wildman–Crippen MR) is 124 cm³/mol. The summed E-state index contributed by atoms with van der Waals surface area (Å²) in [5.41, 5.74) is 1.72. The van der Waals surface area contributed by atoms with E-state index in [1.165, 1.54) is 28.9 Å². The number of piperidine rings is 1. The highest BCUT2D eigenvalue weighted by Crippen LogP contribution is 2.31. The van der Waals surface area contributed by atoms with Crippen LogP contribution in [0.5, 0.6) is 0 Å². The third kappa shape index (κ3) is 4.79. The minimum atomic E-state index is -3.64. The van der Waals surface area contributed by atoms with Crippen molar-refractivity contribution in [2.45, 2.75) is 41.5 Å². The molecule has 0 saturated carbocycles.